The van der Waals surface area contributed by atoms with Crippen molar-refractivity contribution < 1.29 is 0 Å². The van der Waals surface area contributed by atoms with Gasteiger partial charge >= 0.3 is 0 Å². The van der Waals surface area contributed by atoms with Gasteiger partial charge in [-0.3, -0.25) is 0 Å². The van der Waals surface area contributed by atoms with Gasteiger partial charge in [-0.1, -0.05) is 42.5 Å². The average molecular weight is 200 g/mol. The van der Waals surface area contributed by atoms with Gasteiger partial charge in [0.15, 0.2) is 0 Å². The number of nitrogens with two attached hydrogens (primary N) is 2. The highest BCUT2D eigenvalue weighted by molar-refractivity contribution is 5.86. The van der Waals surface area contributed by atoms with E-state index in [4.69, 9.17) is 11.5 Å². The molecule has 0 fully saturated rings. The molecular formula is C13H16N2. The first kappa shape index (κ1) is 10.1. The predicted molar refractivity (Wildman–Crippen MR) is 64.8 cm³/mol. The van der Waals surface area contributed by atoms with Crippen LogP contribution in [0.25, 0.3) is 10.8 Å². The SMILES string of the molecule is NCC(CN)c1cccc2ccccc12. The van der Waals surface area contributed by atoms with E-state index in [1.807, 2.05) is 6.07 Å². The van der Waals surface area contributed by atoms with Crippen molar-refractivity contribution in [2.45, 2.75) is 5.92 Å². The Morgan fingerprint density at radius 2 is 1.53 bits per heavy atom. The lowest BCUT2D eigenvalue weighted by atomic mass is 9.93. The molecule has 0 aliphatic rings. The standard InChI is InChI=1S/C13H16N2/c14-8-11(9-15)13-7-3-5-10-4-1-2-6-12(10)13/h1-7,11H,8-9,14-15H2. The third kappa shape index (κ3) is 1.87. The zero-order chi connectivity index (χ0) is 10.7. The van der Waals surface area contributed by atoms with E-state index in [1.165, 1.54) is 16.3 Å². The van der Waals surface area contributed by atoms with Crippen molar-refractivity contribution in [1.29, 1.82) is 0 Å². The molecule has 2 nitrogen and oxygen atoms in total. The van der Waals surface area contributed by atoms with Gasteiger partial charge in [0.2, 0.25) is 0 Å². The molecule has 0 amide bonds. The molecule has 78 valence electrons. The zero-order valence-corrected chi connectivity index (χ0v) is 8.69. The summed E-state index contributed by atoms with van der Waals surface area (Å²) in [6.07, 6.45) is 0. The van der Waals surface area contributed by atoms with E-state index in [0.29, 0.717) is 13.1 Å². The minimum absolute atomic E-state index is 0.260. The van der Waals surface area contributed by atoms with Gasteiger partial charge in [-0.05, 0) is 16.3 Å². The van der Waals surface area contributed by atoms with Crippen LogP contribution in [-0.4, -0.2) is 13.1 Å². The Bertz CT molecular complexity index is 442. The zero-order valence-electron chi connectivity index (χ0n) is 8.69. The summed E-state index contributed by atoms with van der Waals surface area (Å²) in [7, 11) is 0. The smallest absolute Gasteiger partial charge is 0.00902 e. The van der Waals surface area contributed by atoms with Crippen molar-refractivity contribution >= 4 is 10.8 Å². The summed E-state index contributed by atoms with van der Waals surface area (Å²) in [5, 5.41) is 2.52. The maximum atomic E-state index is 5.73. The van der Waals surface area contributed by atoms with E-state index in [9.17, 15) is 0 Å². The molecule has 2 aromatic rings. The molecule has 2 heteroatoms. The van der Waals surface area contributed by atoms with Crippen LogP contribution in [0.2, 0.25) is 0 Å². The van der Waals surface area contributed by atoms with Gasteiger partial charge in [-0.15, -0.1) is 0 Å². The van der Waals surface area contributed by atoms with Crippen LogP contribution in [0.3, 0.4) is 0 Å². The van der Waals surface area contributed by atoms with Crippen molar-refractivity contribution in [2.24, 2.45) is 11.5 Å². The average Bonchev–Trinajstić information content (AvgIpc) is 2.31. The molecule has 0 heterocycles. The third-order valence-electron chi connectivity index (χ3n) is 2.83. The first-order chi connectivity index (χ1) is 7.36. The largest absolute Gasteiger partial charge is 0.330 e. The highest BCUT2D eigenvalue weighted by atomic mass is 14.6. The lowest BCUT2D eigenvalue weighted by molar-refractivity contribution is 0.714. The normalized spacial score (nSPS) is 11.1. The van der Waals surface area contributed by atoms with Crippen LogP contribution < -0.4 is 11.5 Å². The minimum Gasteiger partial charge on any atom is -0.330 e. The molecule has 4 N–H and O–H groups in total. The number of hydrogen-bond acceptors (Lipinski definition) is 2. The van der Waals surface area contributed by atoms with Gasteiger partial charge in [0.05, 0.1) is 0 Å². The molecule has 0 aliphatic heterocycles. The molecule has 0 aromatic heterocycles. The molecule has 0 saturated carbocycles. The van der Waals surface area contributed by atoms with Crippen LogP contribution in [0.5, 0.6) is 0 Å². The fraction of sp³-hybridized carbons (Fsp3) is 0.231. The van der Waals surface area contributed by atoms with Gasteiger partial charge in [0, 0.05) is 19.0 Å². The summed E-state index contributed by atoms with van der Waals surface area (Å²) in [4.78, 5) is 0. The summed E-state index contributed by atoms with van der Waals surface area (Å²) in [5.41, 5.74) is 12.7. The van der Waals surface area contributed by atoms with Crippen LogP contribution in [0.4, 0.5) is 0 Å². The fourth-order valence-corrected chi connectivity index (χ4v) is 1.96. The minimum atomic E-state index is 0.260. The van der Waals surface area contributed by atoms with Gasteiger partial charge in [-0.25, -0.2) is 0 Å². The molecule has 0 bridgehead atoms. The van der Waals surface area contributed by atoms with Crippen LogP contribution in [0.1, 0.15) is 11.5 Å². The second-order valence-electron chi connectivity index (χ2n) is 3.74. The highest BCUT2D eigenvalue weighted by Gasteiger charge is 2.10. The molecule has 2 aromatic carbocycles. The first-order valence-corrected chi connectivity index (χ1v) is 5.24. The van der Waals surface area contributed by atoms with Gasteiger partial charge < -0.3 is 11.5 Å². The quantitative estimate of drug-likeness (QED) is 0.794. The van der Waals surface area contributed by atoms with E-state index in [-0.39, 0.29) is 5.92 Å². The van der Waals surface area contributed by atoms with Crippen molar-refractivity contribution in [3.63, 3.8) is 0 Å². The highest BCUT2D eigenvalue weighted by Crippen LogP contribution is 2.24. The Balaban J connectivity index is 2.59. The number of rotatable bonds is 3. The van der Waals surface area contributed by atoms with E-state index < -0.39 is 0 Å². The fourth-order valence-electron chi connectivity index (χ4n) is 1.96. The molecule has 15 heavy (non-hydrogen) atoms. The Morgan fingerprint density at radius 3 is 2.27 bits per heavy atom. The molecule has 0 spiro atoms. The lowest BCUT2D eigenvalue weighted by Crippen LogP contribution is -2.21. The van der Waals surface area contributed by atoms with Gasteiger partial charge in [0.25, 0.3) is 0 Å². The van der Waals surface area contributed by atoms with Crippen molar-refractivity contribution in [3.05, 3.63) is 48.0 Å². The topological polar surface area (TPSA) is 52.0 Å². The monoisotopic (exact) mass is 200 g/mol. The number of benzene rings is 2. The van der Waals surface area contributed by atoms with E-state index in [2.05, 4.69) is 36.4 Å². The van der Waals surface area contributed by atoms with E-state index >= 15 is 0 Å². The second-order valence-corrected chi connectivity index (χ2v) is 3.74. The maximum absolute atomic E-state index is 5.73. The second kappa shape index (κ2) is 4.43. The van der Waals surface area contributed by atoms with Crippen LogP contribution in [-0.2, 0) is 0 Å². The summed E-state index contributed by atoms with van der Waals surface area (Å²) >= 11 is 0. The molecule has 0 atom stereocenters. The summed E-state index contributed by atoms with van der Waals surface area (Å²) < 4.78 is 0. The van der Waals surface area contributed by atoms with Crippen molar-refractivity contribution in [1.82, 2.24) is 0 Å². The molecular weight excluding hydrogens is 184 g/mol. The van der Waals surface area contributed by atoms with Crippen molar-refractivity contribution in [3.8, 4) is 0 Å². The Kier molecular flexibility index (Phi) is 2.99. The molecule has 0 saturated heterocycles. The number of hydrogen-bond donors (Lipinski definition) is 2. The Hall–Kier alpha value is -1.38. The van der Waals surface area contributed by atoms with Crippen LogP contribution >= 0.6 is 0 Å². The first-order valence-electron chi connectivity index (χ1n) is 5.24. The maximum Gasteiger partial charge on any atom is 0.00902 e. The summed E-state index contributed by atoms with van der Waals surface area (Å²) in [5.74, 6) is 0.260. The van der Waals surface area contributed by atoms with Crippen molar-refractivity contribution in [2.75, 3.05) is 13.1 Å². The van der Waals surface area contributed by atoms with Crippen LogP contribution in [0.15, 0.2) is 42.5 Å². The predicted octanol–water partition coefficient (Wildman–Crippen LogP) is 1.84. The molecule has 0 aliphatic carbocycles. The Labute approximate surface area is 89.9 Å². The molecule has 2 rings (SSSR count). The molecule has 0 radical (unpaired) electrons. The van der Waals surface area contributed by atoms with Gasteiger partial charge in [0.1, 0.15) is 0 Å². The molecule has 0 unspecified atom stereocenters. The van der Waals surface area contributed by atoms with E-state index in [0.717, 1.165) is 0 Å². The van der Waals surface area contributed by atoms with Crippen LogP contribution in [0, 0.1) is 0 Å². The summed E-state index contributed by atoms with van der Waals surface area (Å²) in [6, 6.07) is 14.6. The number of fused-ring (bicyclic) bond motifs is 1. The van der Waals surface area contributed by atoms with E-state index in [1.54, 1.807) is 0 Å². The Morgan fingerprint density at radius 1 is 0.867 bits per heavy atom. The van der Waals surface area contributed by atoms with Gasteiger partial charge in [-0.2, -0.15) is 0 Å². The lowest BCUT2D eigenvalue weighted by Gasteiger charge is -2.15. The third-order valence-corrected chi connectivity index (χ3v) is 2.83. The summed E-state index contributed by atoms with van der Waals surface area (Å²) in [6.45, 7) is 1.20.